The molecule has 4 aromatic carbocycles. The highest BCUT2D eigenvalue weighted by molar-refractivity contribution is 7.91. The van der Waals surface area contributed by atoms with Crippen molar-refractivity contribution >= 4 is 87.9 Å². The van der Waals surface area contributed by atoms with Crippen molar-refractivity contribution in [2.45, 2.75) is 9.79 Å². The van der Waals surface area contributed by atoms with E-state index in [9.17, 15) is 53.6 Å². The van der Waals surface area contributed by atoms with Crippen LogP contribution in [0.25, 0.3) is 17.2 Å². The second-order valence-corrected chi connectivity index (χ2v) is 15.9. The van der Waals surface area contributed by atoms with Gasteiger partial charge in [0.1, 0.15) is 27.0 Å². The van der Waals surface area contributed by atoms with Gasteiger partial charge in [-0.3, -0.25) is 34.1 Å². The third-order valence-electron chi connectivity index (χ3n) is 7.90. The molecule has 22 heteroatoms. The molecule has 0 saturated heterocycles. The van der Waals surface area contributed by atoms with Crippen LogP contribution in [-0.2, 0) is 35.1 Å². The quantitative estimate of drug-likeness (QED) is 0.0360. The van der Waals surface area contributed by atoms with Crippen LogP contribution in [0.1, 0.15) is 15.9 Å². The summed E-state index contributed by atoms with van der Waals surface area (Å²) in [5.41, 5.74) is 10.6. The molecule has 6 rings (SSSR count). The second-order valence-electron chi connectivity index (χ2n) is 11.7. The molecular weight excluding hydrogens is 795 g/mol. The molecule has 2 aliphatic rings. The lowest BCUT2D eigenvalue weighted by Crippen LogP contribution is -2.28. The molecule has 0 fully saturated rings. The zero-order valence-electron chi connectivity index (χ0n) is 28.0. The van der Waals surface area contributed by atoms with Gasteiger partial charge in [-0.2, -0.15) is 40.6 Å². The molecule has 2 aliphatic carbocycles. The monoisotopic (exact) mass is 819 g/mol. The first kappa shape index (κ1) is 39.0. The molecule has 0 aliphatic heterocycles. The summed E-state index contributed by atoms with van der Waals surface area (Å²) in [6.45, 7) is 0. The summed E-state index contributed by atoms with van der Waals surface area (Å²) in [5.74, 6) is -1.85. The number of hydrazone groups is 2. The highest BCUT2D eigenvalue weighted by Crippen LogP contribution is 2.41. The van der Waals surface area contributed by atoms with Gasteiger partial charge in [0.2, 0.25) is 5.78 Å². The van der Waals surface area contributed by atoms with Crippen LogP contribution in [0.15, 0.2) is 138 Å². The molecule has 0 amide bonds. The Balaban J connectivity index is 1.28. The first-order chi connectivity index (χ1) is 26.3. The fourth-order valence-electron chi connectivity index (χ4n) is 5.21. The molecule has 0 aromatic heterocycles. The number of allylic oxidation sites excluding steroid dienone is 4. The number of nitrogen functional groups attached to an aromatic ring is 1. The Morgan fingerprint density at radius 3 is 1.77 bits per heavy atom. The average Bonchev–Trinajstić information content (AvgIpc) is 3.13. The van der Waals surface area contributed by atoms with E-state index < -0.39 is 79.0 Å². The number of hydrogen-bond acceptors (Lipinski definition) is 16. The van der Waals surface area contributed by atoms with E-state index >= 15 is 0 Å². The molecule has 56 heavy (non-hydrogen) atoms. The van der Waals surface area contributed by atoms with Crippen LogP contribution in [0.2, 0.25) is 0 Å². The number of hydrogen-bond donors (Lipinski definition) is 7. The summed E-state index contributed by atoms with van der Waals surface area (Å²) in [7, 11) is -14.9. The number of rotatable bonds is 10. The number of azo groups is 1. The molecule has 0 heterocycles. The zero-order chi connectivity index (χ0) is 40.6. The predicted octanol–water partition coefficient (Wildman–Crippen LogP) is 5.09. The van der Waals surface area contributed by atoms with Gasteiger partial charge in [0.05, 0.1) is 33.2 Å². The van der Waals surface area contributed by atoms with E-state index in [1.54, 1.807) is 36.4 Å². The molecule has 0 unspecified atom stereocenters. The number of Topliss-reactive ketones (excluding diaryl/α,β-unsaturated/α-hetero) is 1. The van der Waals surface area contributed by atoms with Crippen LogP contribution < -0.4 is 16.6 Å². The van der Waals surface area contributed by atoms with Crippen molar-refractivity contribution < 1.29 is 53.6 Å². The number of anilines is 3. The number of nitrogens with two attached hydrogens (primary N) is 1. The van der Waals surface area contributed by atoms with Gasteiger partial charge in [-0.25, -0.2) is 0 Å². The number of ketones is 2. The van der Waals surface area contributed by atoms with E-state index in [1.165, 1.54) is 24.3 Å². The Hall–Kier alpha value is -6.69. The first-order valence-electron chi connectivity index (χ1n) is 15.5. The molecule has 0 bridgehead atoms. The van der Waals surface area contributed by atoms with Crippen LogP contribution in [0.4, 0.5) is 28.4 Å². The van der Waals surface area contributed by atoms with Crippen LogP contribution >= 0.6 is 0 Å². The largest absolute Gasteiger partial charge is 0.505 e. The van der Waals surface area contributed by atoms with Crippen LogP contribution in [0, 0.1) is 0 Å². The number of aliphatic hydroxyl groups excluding tert-OH is 1. The molecule has 0 saturated carbocycles. The highest BCUT2D eigenvalue weighted by Gasteiger charge is 2.37. The van der Waals surface area contributed by atoms with E-state index in [0.29, 0.717) is 11.8 Å². The predicted molar refractivity (Wildman–Crippen MR) is 204 cm³/mol. The number of nitrogens with one attached hydrogen (secondary N) is 2. The maximum absolute atomic E-state index is 13.7. The van der Waals surface area contributed by atoms with Crippen LogP contribution in [0.3, 0.4) is 0 Å². The van der Waals surface area contributed by atoms with Crippen molar-refractivity contribution in [2.75, 3.05) is 16.6 Å². The minimum Gasteiger partial charge on any atom is -0.505 e. The summed E-state index contributed by atoms with van der Waals surface area (Å²) in [5, 5.41) is 25.6. The summed E-state index contributed by atoms with van der Waals surface area (Å²) in [6.07, 6.45) is 4.38. The molecule has 0 spiro atoms. The number of carbonyl (C=O) groups is 2. The molecule has 0 atom stereocenters. The van der Waals surface area contributed by atoms with E-state index in [0.717, 1.165) is 47.5 Å². The maximum Gasteiger partial charge on any atom is 0.296 e. The van der Waals surface area contributed by atoms with Crippen molar-refractivity contribution in [1.29, 1.82) is 0 Å². The van der Waals surface area contributed by atoms with Crippen molar-refractivity contribution in [3.63, 3.8) is 0 Å². The van der Waals surface area contributed by atoms with Gasteiger partial charge < -0.3 is 10.8 Å². The topological polar surface area (TPSA) is 317 Å². The van der Waals surface area contributed by atoms with Gasteiger partial charge in [0, 0.05) is 6.08 Å². The maximum atomic E-state index is 13.7. The Labute approximate surface area is 317 Å². The van der Waals surface area contributed by atoms with Crippen molar-refractivity contribution in [3.05, 3.63) is 119 Å². The van der Waals surface area contributed by atoms with Gasteiger partial charge in [0.25, 0.3) is 30.4 Å². The first-order valence-corrected chi connectivity index (χ1v) is 19.8. The fourth-order valence-corrected chi connectivity index (χ4v) is 7.02. The molecule has 286 valence electrons. The summed E-state index contributed by atoms with van der Waals surface area (Å²) in [6, 6.07) is 18.3. The fraction of sp³-hybridized carbons (Fsp3) is 0. The summed E-state index contributed by atoms with van der Waals surface area (Å²) in [4.78, 5) is 22.6. The number of carbonyl (C=O) groups excluding carboxylic acids is 2. The lowest BCUT2D eigenvalue weighted by atomic mass is 9.92. The van der Waals surface area contributed by atoms with Crippen LogP contribution in [0.5, 0.6) is 0 Å². The van der Waals surface area contributed by atoms with Crippen molar-refractivity contribution in [3.8, 4) is 11.1 Å². The lowest BCUT2D eigenvalue weighted by Gasteiger charge is -2.20. The molecule has 8 N–H and O–H groups in total. The number of benzene rings is 4. The van der Waals surface area contributed by atoms with Crippen molar-refractivity contribution in [1.82, 2.24) is 0 Å². The smallest absolute Gasteiger partial charge is 0.296 e. The Kier molecular flexibility index (Phi) is 10.4. The third-order valence-corrected chi connectivity index (χ3v) is 10.5. The Bertz CT molecular complexity index is 2850. The average molecular weight is 820 g/mol. The molecule has 4 aromatic rings. The minimum atomic E-state index is -5.20. The van der Waals surface area contributed by atoms with Crippen molar-refractivity contribution in [2.24, 2.45) is 20.4 Å². The third kappa shape index (κ3) is 8.49. The van der Waals surface area contributed by atoms with Gasteiger partial charge >= 0.3 is 0 Å². The minimum absolute atomic E-state index is 0.0144. The second kappa shape index (κ2) is 14.9. The normalized spacial score (nSPS) is 16.2. The Morgan fingerprint density at radius 1 is 0.643 bits per heavy atom. The summed E-state index contributed by atoms with van der Waals surface area (Å²) >= 11 is 0. The number of aliphatic hydroxyl groups is 1. The number of nitrogens with zero attached hydrogens (tertiary/aromatic N) is 4. The number of fused-ring (bicyclic) bond motifs is 1. The molecular formula is C34H25N7O12S3. The van der Waals surface area contributed by atoms with E-state index in [2.05, 4.69) is 31.3 Å². The van der Waals surface area contributed by atoms with Gasteiger partial charge in [-0.15, -0.1) is 5.11 Å². The van der Waals surface area contributed by atoms with E-state index in [4.69, 9.17) is 5.73 Å². The highest BCUT2D eigenvalue weighted by atomic mass is 32.2. The molecule has 0 radical (unpaired) electrons. The standard InChI is InChI=1S/C34H25N7O12S3/c35-31-30-20(16-29(56(51,52)53)33(34(30)44)41-38-23-9-12-25(13-10-23)54(45,46)47)15-28(55(48,49)50)32(31)40-37-22-7-3-19(4-8-22)18-1-5-21(6-2-18)36-39-26-14-11-24(42)17-27(26)43/h1-17,36,38,43H,35H2,(H,45,46,47)(H,48,49,50)(H,51,52,53). The molecule has 19 nitrogen and oxygen atoms in total. The van der Waals surface area contributed by atoms with Crippen LogP contribution in [-0.4, -0.2) is 67.0 Å². The zero-order valence-corrected chi connectivity index (χ0v) is 30.4. The van der Waals surface area contributed by atoms with E-state index in [1.807, 2.05) is 0 Å². The summed E-state index contributed by atoms with van der Waals surface area (Å²) < 4.78 is 101. The van der Waals surface area contributed by atoms with Gasteiger partial charge in [-0.05, 0) is 89.5 Å². The van der Waals surface area contributed by atoms with Gasteiger partial charge in [-0.1, -0.05) is 24.3 Å². The van der Waals surface area contributed by atoms with Gasteiger partial charge in [0.15, 0.2) is 11.5 Å². The van der Waals surface area contributed by atoms with E-state index in [-0.39, 0.29) is 28.6 Å². The lowest BCUT2D eigenvalue weighted by molar-refractivity contribution is -0.110. The Morgan fingerprint density at radius 2 is 1.21 bits per heavy atom. The SMILES string of the molecule is Nc1c(N=Nc2ccc(-c3ccc(NN=C4C=CC(=O)C=C4O)cc3)cc2)c(S(=O)(=O)O)cc2c1C(=O)C(=NNc1ccc(S(=O)(=O)O)cc1)C(S(=O)(=O)O)=C2.